The number of rotatable bonds is 2. The second kappa shape index (κ2) is 4.10. The third-order valence-electron chi connectivity index (χ3n) is 5.44. The molecular formula is C16H30. The highest BCUT2D eigenvalue weighted by Crippen LogP contribution is 2.58. The van der Waals surface area contributed by atoms with Crippen LogP contribution in [0.15, 0.2) is 0 Å². The zero-order chi connectivity index (χ0) is 13.4. The first-order valence-corrected chi connectivity index (χ1v) is 6.25. The van der Waals surface area contributed by atoms with Crippen LogP contribution in [0, 0.1) is 33.5 Å². The molecule has 0 heteroatoms. The fourth-order valence-electron chi connectivity index (χ4n) is 2.19. The van der Waals surface area contributed by atoms with Crippen LogP contribution in [0.1, 0.15) is 69.2 Å². The van der Waals surface area contributed by atoms with Crippen LogP contribution < -0.4 is 0 Å². The van der Waals surface area contributed by atoms with E-state index < -0.39 is 0 Å². The van der Waals surface area contributed by atoms with Crippen LogP contribution in [0.2, 0.25) is 0 Å². The lowest BCUT2D eigenvalue weighted by Crippen LogP contribution is -2.50. The van der Waals surface area contributed by atoms with Gasteiger partial charge in [0.15, 0.2) is 0 Å². The van der Waals surface area contributed by atoms with E-state index in [1.807, 2.05) is 6.92 Å². The maximum atomic E-state index is 3.39. The Morgan fingerprint density at radius 3 is 1.25 bits per heavy atom. The van der Waals surface area contributed by atoms with Crippen LogP contribution in [0.5, 0.6) is 0 Å². The predicted octanol–water partition coefficient (Wildman–Crippen LogP) is 5.13. The molecule has 16 heavy (non-hydrogen) atoms. The summed E-state index contributed by atoms with van der Waals surface area (Å²) in [6.45, 7) is 22.9. The third kappa shape index (κ3) is 2.29. The Kier molecular flexibility index (Phi) is 3.99. The highest BCUT2D eigenvalue weighted by Gasteiger charge is 2.52. The molecule has 0 amide bonds. The zero-order valence-electron chi connectivity index (χ0n) is 13.0. The topological polar surface area (TPSA) is 0 Å². The minimum atomic E-state index is 0.0263. The van der Waals surface area contributed by atoms with E-state index in [4.69, 9.17) is 0 Å². The first kappa shape index (κ1) is 15.6. The smallest absolute Gasteiger partial charge is 0.0314 e. The van der Waals surface area contributed by atoms with Crippen LogP contribution in [0.3, 0.4) is 0 Å². The van der Waals surface area contributed by atoms with E-state index in [0.717, 1.165) is 0 Å². The highest BCUT2D eigenvalue weighted by atomic mass is 14.6. The van der Waals surface area contributed by atoms with Gasteiger partial charge in [-0.25, -0.2) is 0 Å². The van der Waals surface area contributed by atoms with Gasteiger partial charge in [-0.05, 0) is 37.0 Å². The van der Waals surface area contributed by atoms with E-state index >= 15 is 0 Å². The summed E-state index contributed by atoms with van der Waals surface area (Å²) in [5.74, 6) is 6.48. The van der Waals surface area contributed by atoms with Crippen molar-refractivity contribution in [3.63, 3.8) is 0 Å². The van der Waals surface area contributed by atoms with E-state index in [1.165, 1.54) is 0 Å². The van der Waals surface area contributed by atoms with Crippen molar-refractivity contribution in [2.24, 2.45) is 21.7 Å². The van der Waals surface area contributed by atoms with Gasteiger partial charge in [0.2, 0.25) is 0 Å². The first-order valence-electron chi connectivity index (χ1n) is 6.25. The molecule has 0 aromatic rings. The van der Waals surface area contributed by atoms with Crippen molar-refractivity contribution in [1.82, 2.24) is 0 Å². The van der Waals surface area contributed by atoms with Gasteiger partial charge in [-0.2, -0.15) is 0 Å². The summed E-state index contributed by atoms with van der Waals surface area (Å²) in [6.07, 6.45) is 0. The van der Waals surface area contributed by atoms with E-state index in [9.17, 15) is 0 Å². The zero-order valence-corrected chi connectivity index (χ0v) is 13.0. The molecule has 0 rings (SSSR count). The van der Waals surface area contributed by atoms with Gasteiger partial charge < -0.3 is 0 Å². The molecule has 0 saturated carbocycles. The maximum Gasteiger partial charge on any atom is 0.0314 e. The third-order valence-corrected chi connectivity index (χ3v) is 5.44. The van der Waals surface area contributed by atoms with Gasteiger partial charge in [-0.15, -0.1) is 5.92 Å². The van der Waals surface area contributed by atoms with Gasteiger partial charge in [0.25, 0.3) is 0 Å². The van der Waals surface area contributed by atoms with Crippen molar-refractivity contribution in [2.45, 2.75) is 69.2 Å². The highest BCUT2D eigenvalue weighted by molar-refractivity contribution is 5.16. The van der Waals surface area contributed by atoms with Crippen LogP contribution in [0.4, 0.5) is 0 Å². The molecular weight excluding hydrogens is 192 g/mol. The summed E-state index contributed by atoms with van der Waals surface area (Å²) in [5.41, 5.74) is 0.663. The molecule has 0 heterocycles. The molecule has 0 saturated heterocycles. The minimum Gasteiger partial charge on any atom is -0.106 e. The summed E-state index contributed by atoms with van der Waals surface area (Å²) < 4.78 is 0. The molecule has 0 fully saturated rings. The van der Waals surface area contributed by atoms with Crippen LogP contribution in [0.25, 0.3) is 0 Å². The summed E-state index contributed by atoms with van der Waals surface area (Å²) >= 11 is 0. The van der Waals surface area contributed by atoms with E-state index in [1.54, 1.807) is 0 Å². The second-order valence-electron chi connectivity index (χ2n) is 7.50. The monoisotopic (exact) mass is 222 g/mol. The standard InChI is InChI=1S/C16H30/c1-11-12-14(5,6)16(9,10)15(7,8)13(2,3)4/h1-10H3. The fourth-order valence-corrected chi connectivity index (χ4v) is 2.19. The average Bonchev–Trinajstić information content (AvgIpc) is 2.01. The van der Waals surface area contributed by atoms with Crippen molar-refractivity contribution < 1.29 is 0 Å². The molecule has 0 atom stereocenters. The van der Waals surface area contributed by atoms with Crippen LogP contribution in [-0.2, 0) is 0 Å². The molecule has 0 aromatic carbocycles. The van der Waals surface area contributed by atoms with E-state index in [-0.39, 0.29) is 21.7 Å². The predicted molar refractivity (Wildman–Crippen MR) is 74.2 cm³/mol. The molecule has 0 radical (unpaired) electrons. The largest absolute Gasteiger partial charge is 0.106 e. The Balaban J connectivity index is 5.58. The van der Waals surface area contributed by atoms with Crippen molar-refractivity contribution in [3.05, 3.63) is 0 Å². The molecule has 0 nitrogen and oxygen atoms in total. The molecule has 94 valence electrons. The quantitative estimate of drug-likeness (QED) is 0.568. The summed E-state index contributed by atoms with van der Waals surface area (Å²) in [7, 11) is 0. The minimum absolute atomic E-state index is 0.0263. The average molecular weight is 222 g/mol. The van der Waals surface area contributed by atoms with Crippen molar-refractivity contribution in [2.75, 3.05) is 0 Å². The SMILES string of the molecule is CC#CC(C)(C)C(C)(C)C(C)(C)C(C)(C)C. The van der Waals surface area contributed by atoms with Crippen LogP contribution >= 0.6 is 0 Å². The molecule has 0 spiro atoms. The van der Waals surface area contributed by atoms with Crippen LogP contribution in [-0.4, -0.2) is 0 Å². The lowest BCUT2D eigenvalue weighted by molar-refractivity contribution is -0.0634. The van der Waals surface area contributed by atoms with Gasteiger partial charge in [0, 0.05) is 5.41 Å². The molecule has 0 aliphatic carbocycles. The van der Waals surface area contributed by atoms with Gasteiger partial charge in [0.05, 0.1) is 0 Å². The number of hydrogen-bond acceptors (Lipinski definition) is 0. The van der Waals surface area contributed by atoms with E-state index in [2.05, 4.69) is 74.2 Å². The Hall–Kier alpha value is -0.440. The maximum absolute atomic E-state index is 3.39. The molecule has 0 aromatic heterocycles. The second-order valence-corrected chi connectivity index (χ2v) is 7.50. The van der Waals surface area contributed by atoms with Gasteiger partial charge in [-0.3, -0.25) is 0 Å². The fraction of sp³-hybridized carbons (Fsp3) is 0.875. The van der Waals surface area contributed by atoms with Crippen molar-refractivity contribution >= 4 is 0 Å². The number of hydrogen-bond donors (Lipinski definition) is 0. The molecule has 0 unspecified atom stereocenters. The Morgan fingerprint density at radius 2 is 1.00 bits per heavy atom. The Bertz CT molecular complexity index is 297. The summed E-state index contributed by atoms with van der Waals surface area (Å²) in [5, 5.41) is 0. The Morgan fingerprint density at radius 1 is 0.625 bits per heavy atom. The van der Waals surface area contributed by atoms with Gasteiger partial charge in [0.1, 0.15) is 0 Å². The van der Waals surface area contributed by atoms with Crippen molar-refractivity contribution in [1.29, 1.82) is 0 Å². The molecule has 0 bridgehead atoms. The van der Waals surface area contributed by atoms with E-state index in [0.29, 0.717) is 0 Å². The first-order chi connectivity index (χ1) is 6.81. The summed E-state index contributed by atoms with van der Waals surface area (Å²) in [6, 6.07) is 0. The lowest BCUT2D eigenvalue weighted by Gasteiger charge is -2.56. The normalized spacial score (nSPS) is 14.4. The molecule has 0 N–H and O–H groups in total. The Labute approximate surface area is 103 Å². The van der Waals surface area contributed by atoms with Gasteiger partial charge >= 0.3 is 0 Å². The lowest BCUT2D eigenvalue weighted by atomic mass is 9.48. The summed E-state index contributed by atoms with van der Waals surface area (Å²) in [4.78, 5) is 0. The van der Waals surface area contributed by atoms with Gasteiger partial charge in [-0.1, -0.05) is 54.4 Å². The van der Waals surface area contributed by atoms with Crippen molar-refractivity contribution in [3.8, 4) is 11.8 Å². The molecule has 0 aliphatic rings. The molecule has 0 aliphatic heterocycles.